The summed E-state index contributed by atoms with van der Waals surface area (Å²) in [7, 11) is 0. The summed E-state index contributed by atoms with van der Waals surface area (Å²) in [4.78, 5) is 14.7. The zero-order valence-corrected chi connectivity index (χ0v) is 28.2. The molecule has 0 amide bonds. The molecule has 0 saturated heterocycles. The maximum Gasteiger partial charge on any atom is 0.164 e. The first kappa shape index (κ1) is 19.6. The number of hydrogen-bond acceptors (Lipinski definition) is 3. The van der Waals surface area contributed by atoms with Crippen LogP contribution in [-0.2, 0) is 0 Å². The maximum atomic E-state index is 9.69. The van der Waals surface area contributed by atoms with Gasteiger partial charge in [0.2, 0.25) is 0 Å². The summed E-state index contributed by atoms with van der Waals surface area (Å²) in [6.07, 6.45) is 0. The van der Waals surface area contributed by atoms with Gasteiger partial charge in [0.05, 0.1) is 20.6 Å². The van der Waals surface area contributed by atoms with E-state index in [9.17, 15) is 9.60 Å². The van der Waals surface area contributed by atoms with E-state index in [2.05, 4.69) is 0 Å². The van der Waals surface area contributed by atoms with Gasteiger partial charge < -0.3 is 0 Å². The average Bonchev–Trinajstić information content (AvgIpc) is 3.37. The van der Waals surface area contributed by atoms with Crippen LogP contribution in [0.25, 0.3) is 99.9 Å². The van der Waals surface area contributed by atoms with Gasteiger partial charge in [0.15, 0.2) is 17.5 Å². The highest BCUT2D eigenvalue weighted by Crippen LogP contribution is 2.38. The third-order valence-corrected chi connectivity index (χ3v) is 9.18. The van der Waals surface area contributed by atoms with Crippen molar-refractivity contribution in [3.63, 3.8) is 0 Å². The molecule has 3 heteroatoms. The molecular formula is C51H33N3. The standard InChI is InChI=1S/C51H33N3/c1-3-15-35(16-4-1)39-19-7-13-25-46(39)50-52-49(53-51(54-50)47-26-14-8-20-40(47)36-17-5-2-6-18-36)37-29-27-34(28-30-37)38-31-32-45-43-23-10-9-21-41(43)42-22-11-12-24-44(42)48(45)33-38/h1-33H/i9D,10D,11D,12D,21D,22D,23D,24D,27D,28D,29D,30D,31D,32D,33D. The number of nitrogens with zero attached hydrogens (tertiary/aromatic N) is 3. The molecule has 10 aromatic rings. The zero-order chi connectivity index (χ0) is 48.9. The Kier molecular flexibility index (Phi) is 4.85. The Bertz CT molecular complexity index is 3670. The minimum Gasteiger partial charge on any atom is -0.208 e. The summed E-state index contributed by atoms with van der Waals surface area (Å²) in [5, 5.41) is -2.20. The molecule has 0 aliphatic carbocycles. The van der Waals surface area contributed by atoms with Gasteiger partial charge in [-0.15, -0.1) is 0 Å². The predicted molar refractivity (Wildman–Crippen MR) is 225 cm³/mol. The van der Waals surface area contributed by atoms with E-state index in [0.717, 1.165) is 22.3 Å². The molecule has 0 atom stereocenters. The topological polar surface area (TPSA) is 38.7 Å². The SMILES string of the molecule is [2H]c1c([2H])c(-c2c([2H])c([2H])c3c4c([2H])c([2H])c([2H])c([2H])c4c4c([2H])c([2H])c([2H])c([2H])c4c3c2[2H])c([2H])c([2H])c1-c1nc(-c2ccccc2-c2ccccc2)nc(-c2ccccc2-c2ccccc2)n1. The first-order valence-electron chi connectivity index (χ1n) is 24.6. The van der Waals surface area contributed by atoms with E-state index in [1.54, 1.807) is 0 Å². The highest BCUT2D eigenvalue weighted by Gasteiger charge is 2.18. The molecule has 0 aliphatic heterocycles. The number of fused-ring (bicyclic) bond motifs is 6. The van der Waals surface area contributed by atoms with Crippen LogP contribution in [0, 0.1) is 0 Å². The van der Waals surface area contributed by atoms with E-state index in [1.807, 2.05) is 109 Å². The molecule has 0 aliphatic rings. The van der Waals surface area contributed by atoms with E-state index < -0.39 is 107 Å². The quantitative estimate of drug-likeness (QED) is 0.162. The van der Waals surface area contributed by atoms with Gasteiger partial charge in [-0.1, -0.05) is 194 Å². The molecule has 3 nitrogen and oxygen atoms in total. The molecule has 1 aromatic heterocycles. The first-order chi connectivity index (χ1) is 33.0. The van der Waals surface area contributed by atoms with Crippen molar-refractivity contribution in [3.05, 3.63) is 200 Å². The Morgan fingerprint density at radius 3 is 1.15 bits per heavy atom. The Hall–Kier alpha value is -7.23. The first-order valence-corrected chi connectivity index (χ1v) is 17.1. The molecule has 54 heavy (non-hydrogen) atoms. The normalized spacial score (nSPS) is 15.2. The van der Waals surface area contributed by atoms with Crippen LogP contribution >= 0.6 is 0 Å². The molecule has 0 unspecified atom stereocenters. The highest BCUT2D eigenvalue weighted by molar-refractivity contribution is 6.25. The molecule has 0 N–H and O–H groups in total. The van der Waals surface area contributed by atoms with Gasteiger partial charge in [-0.05, 0) is 71.7 Å². The lowest BCUT2D eigenvalue weighted by Crippen LogP contribution is -2.02. The molecule has 1 heterocycles. The van der Waals surface area contributed by atoms with Crippen LogP contribution in [0.2, 0.25) is 0 Å². The summed E-state index contributed by atoms with van der Waals surface area (Å²) in [6.45, 7) is 0. The van der Waals surface area contributed by atoms with Gasteiger partial charge in [-0.2, -0.15) is 0 Å². The van der Waals surface area contributed by atoms with Crippen molar-refractivity contribution < 1.29 is 20.6 Å². The lowest BCUT2D eigenvalue weighted by molar-refractivity contribution is 1.07. The molecule has 0 bridgehead atoms. The molecule has 0 saturated carbocycles. The fourth-order valence-electron chi connectivity index (χ4n) is 6.65. The number of benzene rings is 9. The summed E-state index contributed by atoms with van der Waals surface area (Å²) >= 11 is 0. The van der Waals surface area contributed by atoms with E-state index >= 15 is 0 Å². The Morgan fingerprint density at radius 1 is 0.278 bits per heavy atom. The summed E-state index contributed by atoms with van der Waals surface area (Å²) in [6, 6.07) is 23.3. The molecule has 0 fully saturated rings. The van der Waals surface area contributed by atoms with Crippen molar-refractivity contribution in [1.82, 2.24) is 15.0 Å². The van der Waals surface area contributed by atoms with Crippen LogP contribution < -0.4 is 0 Å². The largest absolute Gasteiger partial charge is 0.208 e. The van der Waals surface area contributed by atoms with Gasteiger partial charge in [-0.25, -0.2) is 15.0 Å². The highest BCUT2D eigenvalue weighted by atomic mass is 15.0. The maximum absolute atomic E-state index is 9.69. The van der Waals surface area contributed by atoms with Gasteiger partial charge in [0, 0.05) is 16.7 Å². The van der Waals surface area contributed by atoms with Crippen LogP contribution in [0.1, 0.15) is 20.6 Å². The van der Waals surface area contributed by atoms with Crippen LogP contribution in [0.3, 0.4) is 0 Å². The second kappa shape index (κ2) is 13.4. The fraction of sp³-hybridized carbons (Fsp3) is 0. The summed E-state index contributed by atoms with van der Waals surface area (Å²) in [5.41, 5.74) is 2.93. The van der Waals surface area contributed by atoms with Gasteiger partial charge in [0.1, 0.15) is 0 Å². The average molecular weight is 703 g/mol. The van der Waals surface area contributed by atoms with Crippen molar-refractivity contribution in [2.45, 2.75) is 0 Å². The van der Waals surface area contributed by atoms with Gasteiger partial charge in [0.25, 0.3) is 0 Å². The summed E-state index contributed by atoms with van der Waals surface area (Å²) in [5.74, 6) is 0.106. The number of aromatic nitrogens is 3. The van der Waals surface area contributed by atoms with Crippen LogP contribution in [-0.4, -0.2) is 15.0 Å². The molecule has 0 spiro atoms. The van der Waals surface area contributed by atoms with Crippen molar-refractivity contribution in [1.29, 1.82) is 0 Å². The van der Waals surface area contributed by atoms with Gasteiger partial charge >= 0.3 is 0 Å². The van der Waals surface area contributed by atoms with Crippen molar-refractivity contribution in [2.24, 2.45) is 0 Å². The lowest BCUT2D eigenvalue weighted by Gasteiger charge is -2.14. The van der Waals surface area contributed by atoms with Crippen molar-refractivity contribution in [2.75, 3.05) is 0 Å². The predicted octanol–water partition coefficient (Wildman–Crippen LogP) is 13.3. The van der Waals surface area contributed by atoms with Crippen LogP contribution in [0.4, 0.5) is 0 Å². The third kappa shape index (κ3) is 5.60. The number of rotatable bonds is 6. The molecule has 10 rings (SSSR count). The van der Waals surface area contributed by atoms with Crippen molar-refractivity contribution in [3.8, 4) is 67.5 Å². The smallest absolute Gasteiger partial charge is 0.164 e. The minimum atomic E-state index is -0.783. The fourth-order valence-corrected chi connectivity index (χ4v) is 6.65. The number of hydrogen-bond donors (Lipinski definition) is 0. The Balaban J connectivity index is 1.29. The zero-order valence-electron chi connectivity index (χ0n) is 43.2. The molecule has 9 aromatic carbocycles. The molecule has 252 valence electrons. The van der Waals surface area contributed by atoms with Crippen molar-refractivity contribution >= 4 is 32.3 Å². The summed E-state index contributed by atoms with van der Waals surface area (Å²) < 4.78 is 136. The molecule has 0 radical (unpaired) electrons. The van der Waals surface area contributed by atoms with E-state index in [-0.39, 0.29) is 50.0 Å². The van der Waals surface area contributed by atoms with E-state index in [4.69, 9.17) is 25.9 Å². The Labute approximate surface area is 335 Å². The second-order valence-electron chi connectivity index (χ2n) is 12.4. The third-order valence-electron chi connectivity index (χ3n) is 9.18. The minimum absolute atomic E-state index is 0.162. The van der Waals surface area contributed by atoms with E-state index in [1.165, 1.54) is 0 Å². The lowest BCUT2D eigenvalue weighted by atomic mass is 9.92. The van der Waals surface area contributed by atoms with Gasteiger partial charge in [-0.3, -0.25) is 0 Å². The Morgan fingerprint density at radius 2 is 0.648 bits per heavy atom. The van der Waals surface area contributed by atoms with E-state index in [0.29, 0.717) is 11.1 Å². The second-order valence-corrected chi connectivity index (χ2v) is 12.4. The van der Waals surface area contributed by atoms with Crippen LogP contribution in [0.15, 0.2) is 200 Å². The van der Waals surface area contributed by atoms with Crippen LogP contribution in [0.5, 0.6) is 0 Å². The monoisotopic (exact) mass is 702 g/mol. The molecular weight excluding hydrogens is 655 g/mol.